The molecule has 0 bridgehead atoms. The second-order valence-corrected chi connectivity index (χ2v) is 4.98. The van der Waals surface area contributed by atoms with Gasteiger partial charge in [-0.2, -0.15) is 0 Å². The third-order valence-electron chi connectivity index (χ3n) is 2.03. The summed E-state index contributed by atoms with van der Waals surface area (Å²) in [6.45, 7) is 11.5. The predicted octanol–water partition coefficient (Wildman–Crippen LogP) is 2.90. The van der Waals surface area contributed by atoms with E-state index in [0.29, 0.717) is 5.92 Å². The molecule has 0 rings (SSSR count). The van der Waals surface area contributed by atoms with Crippen molar-refractivity contribution in [1.82, 2.24) is 0 Å². The van der Waals surface area contributed by atoms with E-state index in [1.54, 1.807) is 0 Å². The van der Waals surface area contributed by atoms with Crippen LogP contribution in [0, 0.1) is 11.3 Å². The quantitative estimate of drug-likeness (QED) is 0.668. The van der Waals surface area contributed by atoms with Gasteiger partial charge in [-0.25, -0.2) is 0 Å². The van der Waals surface area contributed by atoms with E-state index in [2.05, 4.69) is 52.4 Å². The zero-order valence-electron chi connectivity index (χ0n) is 9.33. The maximum absolute atomic E-state index is 5.67. The molecule has 0 saturated heterocycles. The first kappa shape index (κ1) is 13.5. The summed E-state index contributed by atoms with van der Waals surface area (Å²) in [6, 6.07) is 0. The van der Waals surface area contributed by atoms with Crippen molar-refractivity contribution in [3.05, 3.63) is 0 Å². The van der Waals surface area contributed by atoms with Gasteiger partial charge in [0, 0.05) is 0 Å². The van der Waals surface area contributed by atoms with E-state index in [1.807, 2.05) is 0 Å². The van der Waals surface area contributed by atoms with Gasteiger partial charge in [-0.3, -0.25) is 0 Å². The van der Waals surface area contributed by atoms with Crippen LogP contribution in [-0.2, 0) is 26.2 Å². The Balaban J connectivity index is 3.86. The van der Waals surface area contributed by atoms with Crippen LogP contribution >= 0.6 is 0 Å². The molecule has 0 heterocycles. The van der Waals surface area contributed by atoms with Crippen molar-refractivity contribution < 1.29 is 26.2 Å². The Bertz CT molecular complexity index is 131. The van der Waals surface area contributed by atoms with E-state index in [0.717, 1.165) is 13.0 Å². The standard InChI is InChI=1S/C10H21O2.V/c1-6-8(2)7-12-9(11)10(3,4)5;/h8-9H,6-7H2,1-5H3;/q-1;+1. The average Bonchev–Trinajstić information content (AvgIpc) is 2.02. The minimum absolute atomic E-state index is 0.0421. The molecule has 0 aliphatic rings. The van der Waals surface area contributed by atoms with Gasteiger partial charge in [-0.15, -0.1) is 0 Å². The van der Waals surface area contributed by atoms with Crippen LogP contribution in [0.25, 0.3) is 0 Å². The second kappa shape index (κ2) is 6.08. The summed E-state index contributed by atoms with van der Waals surface area (Å²) in [4.78, 5) is 0. The first-order chi connectivity index (χ1) is 5.91. The fourth-order valence-electron chi connectivity index (χ4n) is 0.808. The van der Waals surface area contributed by atoms with Crippen molar-refractivity contribution in [1.29, 1.82) is 0 Å². The summed E-state index contributed by atoms with van der Waals surface area (Å²) in [5.74, 6) is 0.604. The number of rotatable bonds is 5. The van der Waals surface area contributed by atoms with Gasteiger partial charge in [0.05, 0.1) is 0 Å². The van der Waals surface area contributed by atoms with E-state index >= 15 is 0 Å². The molecule has 0 aromatic heterocycles. The average molecular weight is 224 g/mol. The van der Waals surface area contributed by atoms with Crippen molar-refractivity contribution >= 4 is 0 Å². The molecule has 78 valence electrons. The zero-order valence-corrected chi connectivity index (χ0v) is 10.7. The molecule has 2 unspecified atom stereocenters. The van der Waals surface area contributed by atoms with Crippen molar-refractivity contribution in [3.8, 4) is 0 Å². The van der Waals surface area contributed by atoms with E-state index < -0.39 is 0 Å². The van der Waals surface area contributed by atoms with E-state index in [-0.39, 0.29) is 11.7 Å². The topological polar surface area (TPSA) is 18.5 Å². The third kappa shape index (κ3) is 5.74. The van der Waals surface area contributed by atoms with Crippen LogP contribution in [0.5, 0.6) is 0 Å². The Morgan fingerprint density at radius 1 is 1.31 bits per heavy atom. The van der Waals surface area contributed by atoms with Crippen LogP contribution in [0.4, 0.5) is 0 Å². The van der Waals surface area contributed by atoms with E-state index in [4.69, 9.17) is 8.40 Å². The SMILES string of the molecule is CCC(C)COC([O][V])C(C)(C)C. The summed E-state index contributed by atoms with van der Waals surface area (Å²) >= 11 is 2.13. The summed E-state index contributed by atoms with van der Waals surface area (Å²) in [5.41, 5.74) is 0.0421. The Morgan fingerprint density at radius 3 is 2.15 bits per heavy atom. The minimum atomic E-state index is -0.124. The first-order valence-corrected chi connectivity index (χ1v) is 5.40. The van der Waals surface area contributed by atoms with Gasteiger partial charge in [0.15, 0.2) is 0 Å². The number of hydrogen-bond acceptors (Lipinski definition) is 2. The van der Waals surface area contributed by atoms with Crippen molar-refractivity contribution in [2.45, 2.75) is 47.3 Å². The van der Waals surface area contributed by atoms with Crippen LogP contribution in [-0.4, -0.2) is 12.9 Å². The van der Waals surface area contributed by atoms with Gasteiger partial charge >= 0.3 is 91.4 Å². The molecule has 2 nitrogen and oxygen atoms in total. The molecule has 0 radical (unpaired) electrons. The zero-order chi connectivity index (χ0) is 10.5. The molecule has 0 N–H and O–H groups in total. The Hall–Kier alpha value is 0.504. The van der Waals surface area contributed by atoms with Gasteiger partial charge in [-0.05, 0) is 0 Å². The molecule has 3 heteroatoms. The van der Waals surface area contributed by atoms with Crippen LogP contribution in [0.2, 0.25) is 0 Å². The summed E-state index contributed by atoms with van der Waals surface area (Å²) in [7, 11) is 0. The molecule has 0 amide bonds. The van der Waals surface area contributed by atoms with Crippen molar-refractivity contribution in [2.24, 2.45) is 11.3 Å². The van der Waals surface area contributed by atoms with E-state index in [1.165, 1.54) is 0 Å². The van der Waals surface area contributed by atoms with Gasteiger partial charge < -0.3 is 0 Å². The Kier molecular flexibility index (Phi) is 6.31. The molecule has 0 saturated carbocycles. The Labute approximate surface area is 91.7 Å². The van der Waals surface area contributed by atoms with Crippen LogP contribution < -0.4 is 0 Å². The van der Waals surface area contributed by atoms with Gasteiger partial charge in [0.1, 0.15) is 0 Å². The third-order valence-corrected chi connectivity index (χ3v) is 2.33. The molecule has 0 aliphatic carbocycles. The molecule has 0 aliphatic heterocycles. The fourth-order valence-corrected chi connectivity index (χ4v) is 1.40. The van der Waals surface area contributed by atoms with Crippen LogP contribution in [0.15, 0.2) is 0 Å². The number of ether oxygens (including phenoxy) is 1. The Morgan fingerprint density at radius 2 is 1.85 bits per heavy atom. The maximum atomic E-state index is 5.67. The van der Waals surface area contributed by atoms with Crippen molar-refractivity contribution in [3.63, 3.8) is 0 Å². The summed E-state index contributed by atoms with van der Waals surface area (Å²) in [5, 5.41) is 0. The molecular formula is C10H21O2V. The van der Waals surface area contributed by atoms with Crippen molar-refractivity contribution in [2.75, 3.05) is 6.61 Å². The molecule has 0 fully saturated rings. The van der Waals surface area contributed by atoms with Crippen LogP contribution in [0.1, 0.15) is 41.0 Å². The molecule has 0 aromatic carbocycles. The normalized spacial score (nSPS) is 17.0. The molecule has 0 spiro atoms. The monoisotopic (exact) mass is 224 g/mol. The first-order valence-electron chi connectivity index (χ1n) is 4.83. The van der Waals surface area contributed by atoms with Gasteiger partial charge in [0.2, 0.25) is 0 Å². The van der Waals surface area contributed by atoms with E-state index in [9.17, 15) is 0 Å². The molecule has 13 heavy (non-hydrogen) atoms. The summed E-state index contributed by atoms with van der Waals surface area (Å²) in [6.07, 6.45) is 1.02. The predicted molar refractivity (Wildman–Crippen MR) is 49.7 cm³/mol. The molecule has 0 aromatic rings. The molecule has 2 atom stereocenters. The fraction of sp³-hybridized carbons (Fsp3) is 1.00. The molecular weight excluding hydrogens is 203 g/mol. The van der Waals surface area contributed by atoms with Gasteiger partial charge in [-0.1, -0.05) is 0 Å². The second-order valence-electron chi connectivity index (χ2n) is 4.65. The number of hydrogen-bond donors (Lipinski definition) is 0. The summed E-state index contributed by atoms with van der Waals surface area (Å²) < 4.78 is 10.9. The van der Waals surface area contributed by atoms with Gasteiger partial charge in [0.25, 0.3) is 0 Å². The van der Waals surface area contributed by atoms with Crippen LogP contribution in [0.3, 0.4) is 0 Å².